The van der Waals surface area contributed by atoms with Crippen LogP contribution in [0.3, 0.4) is 0 Å². The zero-order valence-corrected chi connectivity index (χ0v) is 10.1. The number of rotatable bonds is 3. The molecule has 5 heteroatoms. The molecule has 2 fully saturated rings. The van der Waals surface area contributed by atoms with E-state index < -0.39 is 0 Å². The predicted octanol–water partition coefficient (Wildman–Crippen LogP) is 1.02. The van der Waals surface area contributed by atoms with E-state index >= 15 is 0 Å². The molecule has 4 N–H and O–H groups in total. The molecular formula is C13H17N3O2. The molecule has 2 aliphatic heterocycles. The largest absolute Gasteiger partial charge is 0.373 e. The highest BCUT2D eigenvalue weighted by Crippen LogP contribution is 2.34. The molecule has 0 spiro atoms. The maximum absolute atomic E-state index is 12.1. The van der Waals surface area contributed by atoms with Gasteiger partial charge in [-0.25, -0.2) is 0 Å². The summed E-state index contributed by atoms with van der Waals surface area (Å²) in [6, 6.07) is 7.26. The van der Waals surface area contributed by atoms with Crippen LogP contribution in [0.25, 0.3) is 0 Å². The number of anilines is 1. The maximum atomic E-state index is 12.1. The highest BCUT2D eigenvalue weighted by atomic mass is 16.5. The number of hydrazine groups is 1. The molecule has 3 rings (SSSR count). The van der Waals surface area contributed by atoms with Crippen molar-refractivity contribution in [2.75, 3.05) is 5.43 Å². The number of amides is 1. The summed E-state index contributed by atoms with van der Waals surface area (Å²) in [4.78, 5) is 12.1. The Bertz CT molecular complexity index is 446. The van der Waals surface area contributed by atoms with Gasteiger partial charge in [0.2, 0.25) is 0 Å². The standard InChI is InChI=1S/C13H17N3O2/c14-16-9-3-1-8(2-4-9)13(17)15-11-7-10-5-6-12(11)18-10/h1-4,10-12,16H,5-7,14H2,(H,15,17). The summed E-state index contributed by atoms with van der Waals surface area (Å²) in [7, 11) is 0. The van der Waals surface area contributed by atoms with E-state index in [4.69, 9.17) is 10.6 Å². The molecule has 0 saturated carbocycles. The first-order chi connectivity index (χ1) is 8.76. The molecule has 2 saturated heterocycles. The zero-order valence-electron chi connectivity index (χ0n) is 10.1. The molecule has 2 aliphatic rings. The Kier molecular flexibility index (Phi) is 2.93. The maximum Gasteiger partial charge on any atom is 0.251 e. The van der Waals surface area contributed by atoms with E-state index in [1.54, 1.807) is 24.3 Å². The van der Waals surface area contributed by atoms with Crippen LogP contribution in [0.4, 0.5) is 5.69 Å². The van der Waals surface area contributed by atoms with Gasteiger partial charge in [-0.2, -0.15) is 0 Å². The van der Waals surface area contributed by atoms with Gasteiger partial charge in [0.15, 0.2) is 0 Å². The van der Waals surface area contributed by atoms with Gasteiger partial charge in [0, 0.05) is 11.3 Å². The molecule has 0 aliphatic carbocycles. The Hall–Kier alpha value is -1.59. The normalized spacial score (nSPS) is 29.3. The quantitative estimate of drug-likeness (QED) is 0.550. The van der Waals surface area contributed by atoms with Crippen molar-refractivity contribution in [1.29, 1.82) is 0 Å². The third kappa shape index (κ3) is 2.07. The van der Waals surface area contributed by atoms with E-state index in [1.165, 1.54) is 0 Å². The number of nitrogens with one attached hydrogen (secondary N) is 2. The average molecular weight is 247 g/mol. The van der Waals surface area contributed by atoms with E-state index in [0.29, 0.717) is 11.7 Å². The Labute approximate surface area is 106 Å². The Balaban J connectivity index is 1.64. The van der Waals surface area contributed by atoms with E-state index in [0.717, 1.165) is 24.9 Å². The van der Waals surface area contributed by atoms with Crippen LogP contribution < -0.4 is 16.6 Å². The highest BCUT2D eigenvalue weighted by molar-refractivity contribution is 5.94. The van der Waals surface area contributed by atoms with Crippen molar-refractivity contribution in [2.45, 2.75) is 37.5 Å². The number of hydrogen-bond donors (Lipinski definition) is 3. The van der Waals surface area contributed by atoms with Crippen LogP contribution in [-0.2, 0) is 4.74 Å². The number of fused-ring (bicyclic) bond motifs is 2. The van der Waals surface area contributed by atoms with Gasteiger partial charge in [-0.15, -0.1) is 0 Å². The molecular weight excluding hydrogens is 230 g/mol. The molecule has 5 nitrogen and oxygen atoms in total. The van der Waals surface area contributed by atoms with Crippen LogP contribution in [-0.4, -0.2) is 24.2 Å². The summed E-state index contributed by atoms with van der Waals surface area (Å²) in [6.45, 7) is 0. The average Bonchev–Trinajstić information content (AvgIpc) is 3.01. The second-order valence-corrected chi connectivity index (χ2v) is 4.91. The van der Waals surface area contributed by atoms with Gasteiger partial charge in [0.25, 0.3) is 5.91 Å². The second-order valence-electron chi connectivity index (χ2n) is 4.91. The predicted molar refractivity (Wildman–Crippen MR) is 68.0 cm³/mol. The van der Waals surface area contributed by atoms with Crippen molar-refractivity contribution in [3.8, 4) is 0 Å². The fraction of sp³-hybridized carbons (Fsp3) is 0.462. The van der Waals surface area contributed by atoms with E-state index in [9.17, 15) is 4.79 Å². The molecule has 1 aromatic rings. The third-order valence-electron chi connectivity index (χ3n) is 3.74. The van der Waals surface area contributed by atoms with Gasteiger partial charge in [0.1, 0.15) is 0 Å². The van der Waals surface area contributed by atoms with Crippen LogP contribution in [0.15, 0.2) is 24.3 Å². The van der Waals surface area contributed by atoms with Gasteiger partial charge in [-0.05, 0) is 43.5 Å². The molecule has 18 heavy (non-hydrogen) atoms. The summed E-state index contributed by atoms with van der Waals surface area (Å²) in [5.41, 5.74) is 3.97. The van der Waals surface area contributed by atoms with Crippen LogP contribution >= 0.6 is 0 Å². The van der Waals surface area contributed by atoms with Crippen molar-refractivity contribution in [1.82, 2.24) is 5.32 Å². The first-order valence-corrected chi connectivity index (χ1v) is 6.29. The number of nitrogen functional groups attached to an aromatic ring is 1. The molecule has 3 unspecified atom stereocenters. The lowest BCUT2D eigenvalue weighted by Crippen LogP contribution is -2.41. The lowest BCUT2D eigenvalue weighted by atomic mass is 9.95. The molecule has 96 valence electrons. The molecule has 0 aromatic heterocycles. The fourth-order valence-electron chi connectivity index (χ4n) is 2.76. The summed E-state index contributed by atoms with van der Waals surface area (Å²) in [6.07, 6.45) is 3.70. The third-order valence-corrected chi connectivity index (χ3v) is 3.74. The van der Waals surface area contributed by atoms with E-state index in [2.05, 4.69) is 10.7 Å². The topological polar surface area (TPSA) is 76.4 Å². The first kappa shape index (κ1) is 11.5. The van der Waals surface area contributed by atoms with Crippen LogP contribution in [0.2, 0.25) is 0 Å². The molecule has 1 amide bonds. The van der Waals surface area contributed by atoms with Gasteiger partial charge in [0.05, 0.1) is 18.2 Å². The Morgan fingerprint density at radius 3 is 2.61 bits per heavy atom. The van der Waals surface area contributed by atoms with Crippen molar-refractivity contribution in [2.24, 2.45) is 5.84 Å². The number of carbonyl (C=O) groups is 1. The molecule has 2 bridgehead atoms. The summed E-state index contributed by atoms with van der Waals surface area (Å²) in [5.74, 6) is 5.24. The van der Waals surface area contributed by atoms with Crippen molar-refractivity contribution < 1.29 is 9.53 Å². The lowest BCUT2D eigenvalue weighted by molar-refractivity contribution is 0.0841. The second kappa shape index (κ2) is 4.59. The van der Waals surface area contributed by atoms with Gasteiger partial charge in [-0.1, -0.05) is 0 Å². The zero-order chi connectivity index (χ0) is 12.5. The number of benzene rings is 1. The fourth-order valence-corrected chi connectivity index (χ4v) is 2.76. The first-order valence-electron chi connectivity index (χ1n) is 6.29. The molecule has 0 radical (unpaired) electrons. The smallest absolute Gasteiger partial charge is 0.251 e. The van der Waals surface area contributed by atoms with E-state index in [-0.39, 0.29) is 18.1 Å². The summed E-state index contributed by atoms with van der Waals surface area (Å²) >= 11 is 0. The van der Waals surface area contributed by atoms with E-state index in [1.807, 2.05) is 0 Å². The molecule has 1 aromatic carbocycles. The van der Waals surface area contributed by atoms with Crippen molar-refractivity contribution >= 4 is 11.6 Å². The monoisotopic (exact) mass is 247 g/mol. The minimum Gasteiger partial charge on any atom is -0.373 e. The minimum atomic E-state index is -0.0419. The van der Waals surface area contributed by atoms with Gasteiger partial charge >= 0.3 is 0 Å². The number of hydrogen-bond acceptors (Lipinski definition) is 4. The minimum absolute atomic E-state index is 0.0419. The number of carbonyl (C=O) groups excluding carboxylic acids is 1. The van der Waals surface area contributed by atoms with Gasteiger partial charge in [-0.3, -0.25) is 10.6 Å². The Morgan fingerprint density at radius 2 is 2.06 bits per heavy atom. The lowest BCUT2D eigenvalue weighted by Gasteiger charge is -2.20. The summed E-state index contributed by atoms with van der Waals surface area (Å²) in [5, 5.41) is 3.05. The van der Waals surface area contributed by atoms with Crippen LogP contribution in [0.1, 0.15) is 29.6 Å². The Morgan fingerprint density at radius 1 is 1.28 bits per heavy atom. The number of nitrogens with two attached hydrogens (primary N) is 1. The molecule has 3 atom stereocenters. The van der Waals surface area contributed by atoms with Gasteiger partial charge < -0.3 is 15.5 Å². The van der Waals surface area contributed by atoms with Crippen LogP contribution in [0.5, 0.6) is 0 Å². The molecule has 2 heterocycles. The van der Waals surface area contributed by atoms with Crippen molar-refractivity contribution in [3.05, 3.63) is 29.8 Å². The highest BCUT2D eigenvalue weighted by Gasteiger charge is 2.41. The summed E-state index contributed by atoms with van der Waals surface area (Å²) < 4.78 is 5.72. The van der Waals surface area contributed by atoms with Crippen LogP contribution in [0, 0.1) is 0 Å². The van der Waals surface area contributed by atoms with Crippen molar-refractivity contribution in [3.63, 3.8) is 0 Å². The SMILES string of the molecule is NNc1ccc(C(=O)NC2CC3CCC2O3)cc1. The number of ether oxygens (including phenoxy) is 1.